The van der Waals surface area contributed by atoms with Gasteiger partial charge in [-0.1, -0.05) is 23.2 Å². The van der Waals surface area contributed by atoms with Crippen molar-refractivity contribution in [2.24, 2.45) is 5.73 Å². The summed E-state index contributed by atoms with van der Waals surface area (Å²) in [7, 11) is -3.85. The first-order valence-corrected chi connectivity index (χ1v) is 7.81. The van der Waals surface area contributed by atoms with Gasteiger partial charge in [0.1, 0.15) is 4.90 Å². The number of nitrogens with two attached hydrogens (primary N) is 1. The van der Waals surface area contributed by atoms with Crippen LogP contribution >= 0.6 is 23.2 Å². The summed E-state index contributed by atoms with van der Waals surface area (Å²) in [5, 5.41) is 7.07. The zero-order chi connectivity index (χ0) is 14.9. The molecule has 0 atom stereocenters. The zero-order valence-electron chi connectivity index (χ0n) is 10.4. The molecule has 1 heterocycles. The summed E-state index contributed by atoms with van der Waals surface area (Å²) in [6.45, 7) is 1.60. The van der Waals surface area contributed by atoms with Crippen molar-refractivity contribution in [3.8, 4) is 0 Å². The van der Waals surface area contributed by atoms with E-state index in [1.807, 2.05) is 0 Å². The fraction of sp³-hybridized carbons (Fsp3) is 0.182. The number of hydrogen-bond donors (Lipinski definition) is 3. The van der Waals surface area contributed by atoms with Crippen molar-refractivity contribution in [1.82, 2.24) is 10.2 Å². The Morgan fingerprint density at radius 3 is 2.75 bits per heavy atom. The van der Waals surface area contributed by atoms with Gasteiger partial charge in [-0.3, -0.25) is 9.82 Å². The highest BCUT2D eigenvalue weighted by Gasteiger charge is 2.24. The SMILES string of the molecule is Cc1[nH]nc(CN)c1S(=O)(=O)Nc1cc(Cl)ccc1Cl. The minimum Gasteiger partial charge on any atom is -0.325 e. The number of sulfonamides is 1. The summed E-state index contributed by atoms with van der Waals surface area (Å²) in [6, 6.07) is 4.50. The van der Waals surface area contributed by atoms with Crippen LogP contribution in [0.2, 0.25) is 10.0 Å². The number of H-pyrrole nitrogens is 1. The molecule has 0 aliphatic heterocycles. The molecule has 0 aliphatic carbocycles. The number of rotatable bonds is 4. The largest absolute Gasteiger partial charge is 0.325 e. The second kappa shape index (κ2) is 5.61. The second-order valence-corrected chi connectivity index (χ2v) is 6.52. The molecule has 0 spiro atoms. The molecule has 0 fully saturated rings. The summed E-state index contributed by atoms with van der Waals surface area (Å²) in [5.41, 5.74) is 6.34. The Morgan fingerprint density at radius 1 is 1.40 bits per heavy atom. The quantitative estimate of drug-likeness (QED) is 0.798. The second-order valence-electron chi connectivity index (χ2n) is 4.06. The number of halogens is 2. The zero-order valence-corrected chi connectivity index (χ0v) is 12.8. The van der Waals surface area contributed by atoms with Gasteiger partial charge in [-0.25, -0.2) is 8.42 Å². The molecule has 9 heteroatoms. The first kappa shape index (κ1) is 15.1. The molecule has 0 unspecified atom stereocenters. The number of aryl methyl sites for hydroxylation is 1. The van der Waals surface area contributed by atoms with E-state index in [1.165, 1.54) is 12.1 Å². The minimum absolute atomic E-state index is 0.00383. The van der Waals surface area contributed by atoms with E-state index in [1.54, 1.807) is 13.0 Å². The van der Waals surface area contributed by atoms with Crippen LogP contribution in [0.1, 0.15) is 11.4 Å². The van der Waals surface area contributed by atoms with Crippen molar-refractivity contribution in [2.45, 2.75) is 18.4 Å². The van der Waals surface area contributed by atoms with Crippen LogP contribution in [0.25, 0.3) is 0 Å². The van der Waals surface area contributed by atoms with E-state index in [-0.39, 0.29) is 27.8 Å². The molecule has 4 N–H and O–H groups in total. The first-order chi connectivity index (χ1) is 9.35. The van der Waals surface area contributed by atoms with Gasteiger partial charge in [-0.15, -0.1) is 0 Å². The first-order valence-electron chi connectivity index (χ1n) is 5.57. The molecule has 1 aromatic heterocycles. The highest BCUT2D eigenvalue weighted by atomic mass is 35.5. The highest BCUT2D eigenvalue weighted by Crippen LogP contribution is 2.28. The molecule has 0 bridgehead atoms. The van der Waals surface area contributed by atoms with Crippen molar-refractivity contribution < 1.29 is 8.42 Å². The van der Waals surface area contributed by atoms with Crippen molar-refractivity contribution in [1.29, 1.82) is 0 Å². The summed E-state index contributed by atoms with van der Waals surface area (Å²) >= 11 is 11.8. The molecule has 0 amide bonds. The molecule has 6 nitrogen and oxygen atoms in total. The Morgan fingerprint density at radius 2 is 2.10 bits per heavy atom. The van der Waals surface area contributed by atoms with Crippen molar-refractivity contribution in [3.05, 3.63) is 39.6 Å². The van der Waals surface area contributed by atoms with E-state index in [2.05, 4.69) is 14.9 Å². The van der Waals surface area contributed by atoms with Gasteiger partial charge in [0.2, 0.25) is 0 Å². The van der Waals surface area contributed by atoms with Crippen LogP contribution in [0.5, 0.6) is 0 Å². The lowest BCUT2D eigenvalue weighted by molar-refractivity contribution is 0.599. The smallest absolute Gasteiger partial charge is 0.265 e. The Labute approximate surface area is 126 Å². The van der Waals surface area contributed by atoms with E-state index >= 15 is 0 Å². The maximum atomic E-state index is 12.4. The Kier molecular flexibility index (Phi) is 4.24. The summed E-state index contributed by atoms with van der Waals surface area (Å²) in [4.78, 5) is 0.0241. The van der Waals surface area contributed by atoms with Crippen LogP contribution in [0, 0.1) is 6.92 Å². The average Bonchev–Trinajstić information content (AvgIpc) is 2.75. The van der Waals surface area contributed by atoms with Gasteiger partial charge in [0.15, 0.2) is 0 Å². The molecule has 108 valence electrons. The van der Waals surface area contributed by atoms with E-state index in [4.69, 9.17) is 28.9 Å². The van der Waals surface area contributed by atoms with Crippen LogP contribution in [0.3, 0.4) is 0 Å². The lowest BCUT2D eigenvalue weighted by Crippen LogP contribution is -2.16. The van der Waals surface area contributed by atoms with Crippen LogP contribution in [0.4, 0.5) is 5.69 Å². The molecule has 0 radical (unpaired) electrons. The maximum Gasteiger partial charge on any atom is 0.265 e. The molecule has 2 rings (SSSR count). The number of aromatic nitrogens is 2. The van der Waals surface area contributed by atoms with Gasteiger partial charge in [-0.05, 0) is 25.1 Å². The number of aromatic amines is 1. The van der Waals surface area contributed by atoms with Gasteiger partial charge in [-0.2, -0.15) is 5.10 Å². The van der Waals surface area contributed by atoms with Crippen LogP contribution in [0.15, 0.2) is 23.1 Å². The number of hydrogen-bond acceptors (Lipinski definition) is 4. The van der Waals surface area contributed by atoms with E-state index in [0.717, 1.165) is 0 Å². The molecule has 20 heavy (non-hydrogen) atoms. The molecule has 0 saturated carbocycles. The summed E-state index contributed by atoms with van der Waals surface area (Å²) < 4.78 is 27.2. The molecule has 2 aromatic rings. The van der Waals surface area contributed by atoms with Gasteiger partial charge >= 0.3 is 0 Å². The lowest BCUT2D eigenvalue weighted by Gasteiger charge is -2.10. The Balaban J connectivity index is 2.46. The van der Waals surface area contributed by atoms with Crippen molar-refractivity contribution >= 4 is 38.9 Å². The third-order valence-corrected chi connectivity index (χ3v) is 4.73. The number of nitrogens with one attached hydrogen (secondary N) is 2. The predicted molar refractivity (Wildman–Crippen MR) is 78.5 cm³/mol. The van der Waals surface area contributed by atoms with Crippen molar-refractivity contribution in [3.63, 3.8) is 0 Å². The van der Waals surface area contributed by atoms with E-state index in [0.29, 0.717) is 10.7 Å². The molecule has 1 aromatic carbocycles. The third kappa shape index (κ3) is 2.90. The van der Waals surface area contributed by atoms with Crippen LogP contribution < -0.4 is 10.5 Å². The highest BCUT2D eigenvalue weighted by molar-refractivity contribution is 7.92. The van der Waals surface area contributed by atoms with Crippen LogP contribution in [-0.4, -0.2) is 18.6 Å². The fourth-order valence-electron chi connectivity index (χ4n) is 1.74. The predicted octanol–water partition coefficient (Wildman–Crippen LogP) is 2.28. The Bertz CT molecular complexity index is 743. The van der Waals surface area contributed by atoms with Gasteiger partial charge in [0.05, 0.1) is 22.1 Å². The summed E-state index contributed by atoms with van der Waals surface area (Å²) in [6.07, 6.45) is 0. The van der Waals surface area contributed by atoms with Gasteiger partial charge < -0.3 is 5.73 Å². The van der Waals surface area contributed by atoms with Gasteiger partial charge in [0.25, 0.3) is 10.0 Å². The number of benzene rings is 1. The third-order valence-electron chi connectivity index (χ3n) is 2.60. The fourth-order valence-corrected chi connectivity index (χ4v) is 3.58. The summed E-state index contributed by atoms with van der Waals surface area (Å²) in [5.74, 6) is 0. The number of anilines is 1. The molecular weight excluding hydrogens is 323 g/mol. The minimum atomic E-state index is -3.85. The standard InChI is InChI=1S/C11H12Cl2N4O2S/c1-6-11(10(5-14)16-15-6)20(18,19)17-9-4-7(12)2-3-8(9)13/h2-4,17H,5,14H2,1H3,(H,15,16). The molecular formula is C11H12Cl2N4O2S. The average molecular weight is 335 g/mol. The topological polar surface area (TPSA) is 101 Å². The lowest BCUT2D eigenvalue weighted by atomic mass is 10.3. The van der Waals surface area contributed by atoms with E-state index < -0.39 is 10.0 Å². The monoisotopic (exact) mass is 334 g/mol. The maximum absolute atomic E-state index is 12.4. The molecule has 0 saturated heterocycles. The Hall–Kier alpha value is -1.28. The van der Waals surface area contributed by atoms with Gasteiger partial charge in [0, 0.05) is 11.6 Å². The van der Waals surface area contributed by atoms with Crippen molar-refractivity contribution in [2.75, 3.05) is 4.72 Å². The molecule has 0 aliphatic rings. The van der Waals surface area contributed by atoms with Crippen LogP contribution in [-0.2, 0) is 16.6 Å². The normalized spacial score (nSPS) is 11.6. The number of nitrogens with zero attached hydrogens (tertiary/aromatic N) is 1. The van der Waals surface area contributed by atoms with E-state index in [9.17, 15) is 8.42 Å².